The van der Waals surface area contributed by atoms with Crippen LogP contribution in [0.4, 0.5) is 8.78 Å². The van der Waals surface area contributed by atoms with Gasteiger partial charge in [0.05, 0.1) is 22.8 Å². The molecule has 0 atom stereocenters. The molecule has 1 heterocycles. The molecule has 2 aromatic rings. The SMILES string of the molecule is CC1(C)OB(c2ccc(F)c(-c3ccc(C#N)cc3F)c2)OC1(C)C. The van der Waals surface area contributed by atoms with Crippen molar-refractivity contribution in [3.05, 3.63) is 53.6 Å². The molecular formula is C19H18BF2NO2. The molecule has 1 saturated heterocycles. The van der Waals surface area contributed by atoms with E-state index in [-0.39, 0.29) is 16.7 Å². The van der Waals surface area contributed by atoms with Crippen LogP contribution in [0.2, 0.25) is 0 Å². The van der Waals surface area contributed by atoms with Gasteiger partial charge in [-0.1, -0.05) is 18.2 Å². The topological polar surface area (TPSA) is 42.2 Å². The van der Waals surface area contributed by atoms with Gasteiger partial charge < -0.3 is 9.31 Å². The van der Waals surface area contributed by atoms with Crippen molar-refractivity contribution in [2.75, 3.05) is 0 Å². The highest BCUT2D eigenvalue weighted by molar-refractivity contribution is 6.62. The van der Waals surface area contributed by atoms with E-state index in [1.807, 2.05) is 33.8 Å². The van der Waals surface area contributed by atoms with Crippen molar-refractivity contribution in [1.82, 2.24) is 0 Å². The number of nitriles is 1. The molecule has 1 aliphatic heterocycles. The second-order valence-electron chi connectivity index (χ2n) is 7.13. The summed E-state index contributed by atoms with van der Waals surface area (Å²) in [7, 11) is -0.661. The van der Waals surface area contributed by atoms with Crippen LogP contribution in [-0.2, 0) is 9.31 Å². The minimum Gasteiger partial charge on any atom is -0.399 e. The van der Waals surface area contributed by atoms with E-state index < -0.39 is 30.0 Å². The third-order valence-electron chi connectivity index (χ3n) is 4.90. The van der Waals surface area contributed by atoms with Crippen molar-refractivity contribution in [2.24, 2.45) is 0 Å². The Labute approximate surface area is 146 Å². The molecule has 0 spiro atoms. The van der Waals surface area contributed by atoms with Crippen molar-refractivity contribution < 1.29 is 18.1 Å². The predicted molar refractivity (Wildman–Crippen MR) is 92.2 cm³/mol. The standard InChI is InChI=1S/C19H18BF2NO2/c1-18(2)19(3,4)25-20(24-18)13-6-8-16(21)15(10-13)14-7-5-12(11-23)9-17(14)22/h5-10H,1-4H3. The van der Waals surface area contributed by atoms with Crippen LogP contribution >= 0.6 is 0 Å². The van der Waals surface area contributed by atoms with Crippen molar-refractivity contribution >= 4 is 12.6 Å². The summed E-state index contributed by atoms with van der Waals surface area (Å²) in [6.07, 6.45) is 0. The summed E-state index contributed by atoms with van der Waals surface area (Å²) in [6.45, 7) is 7.71. The first-order chi connectivity index (χ1) is 11.6. The van der Waals surface area contributed by atoms with Crippen LogP contribution in [0.15, 0.2) is 36.4 Å². The molecule has 0 radical (unpaired) electrons. The van der Waals surface area contributed by atoms with Crippen LogP contribution in [0, 0.1) is 23.0 Å². The Morgan fingerprint density at radius 3 is 2.08 bits per heavy atom. The predicted octanol–water partition coefficient (Wildman–Crippen LogP) is 3.80. The fraction of sp³-hybridized carbons (Fsp3) is 0.316. The second-order valence-corrected chi connectivity index (χ2v) is 7.13. The van der Waals surface area contributed by atoms with Crippen LogP contribution in [0.1, 0.15) is 33.3 Å². The Morgan fingerprint density at radius 1 is 0.880 bits per heavy atom. The molecule has 0 bridgehead atoms. The molecule has 25 heavy (non-hydrogen) atoms. The molecule has 128 valence electrons. The molecule has 3 rings (SSSR count). The lowest BCUT2D eigenvalue weighted by atomic mass is 9.78. The van der Waals surface area contributed by atoms with E-state index in [0.29, 0.717) is 5.46 Å². The number of hydrogen-bond donors (Lipinski definition) is 0. The zero-order valence-corrected chi connectivity index (χ0v) is 14.6. The average molecular weight is 341 g/mol. The van der Waals surface area contributed by atoms with E-state index in [1.165, 1.54) is 24.3 Å². The van der Waals surface area contributed by atoms with Crippen LogP contribution in [0.3, 0.4) is 0 Å². The van der Waals surface area contributed by atoms with Gasteiger partial charge in [0.2, 0.25) is 0 Å². The van der Waals surface area contributed by atoms with E-state index in [0.717, 1.165) is 6.07 Å². The lowest BCUT2D eigenvalue weighted by Crippen LogP contribution is -2.41. The molecule has 0 amide bonds. The summed E-state index contributed by atoms with van der Waals surface area (Å²) in [5, 5.41) is 8.84. The fourth-order valence-corrected chi connectivity index (χ4v) is 2.68. The van der Waals surface area contributed by atoms with E-state index in [1.54, 1.807) is 6.07 Å². The van der Waals surface area contributed by atoms with Crippen LogP contribution in [0.25, 0.3) is 11.1 Å². The minimum absolute atomic E-state index is 0.0925. The van der Waals surface area contributed by atoms with Crippen molar-refractivity contribution in [2.45, 2.75) is 38.9 Å². The summed E-state index contributed by atoms with van der Waals surface area (Å²) in [6, 6.07) is 10.2. The Hall–Kier alpha value is -2.23. The Bertz CT molecular complexity index is 858. The zero-order valence-electron chi connectivity index (χ0n) is 14.6. The van der Waals surface area contributed by atoms with Gasteiger partial charge in [0.15, 0.2) is 0 Å². The third kappa shape index (κ3) is 3.06. The Kier molecular flexibility index (Phi) is 4.18. The lowest BCUT2D eigenvalue weighted by Gasteiger charge is -2.32. The second kappa shape index (κ2) is 5.94. The molecule has 0 aliphatic carbocycles. The van der Waals surface area contributed by atoms with Gasteiger partial charge in [-0.15, -0.1) is 0 Å². The molecule has 3 nitrogen and oxygen atoms in total. The molecule has 1 aliphatic rings. The largest absolute Gasteiger partial charge is 0.494 e. The van der Waals surface area contributed by atoms with Crippen molar-refractivity contribution in [1.29, 1.82) is 5.26 Å². The molecule has 2 aromatic carbocycles. The summed E-state index contributed by atoms with van der Waals surface area (Å²) in [5.41, 5.74) is -0.0516. The van der Waals surface area contributed by atoms with Gasteiger partial charge in [-0.3, -0.25) is 0 Å². The molecular weight excluding hydrogens is 323 g/mol. The van der Waals surface area contributed by atoms with Gasteiger partial charge in [-0.2, -0.15) is 5.26 Å². The number of benzene rings is 2. The molecule has 1 fully saturated rings. The Morgan fingerprint density at radius 2 is 1.52 bits per heavy atom. The number of halogens is 2. The normalized spacial score (nSPS) is 18.2. The minimum atomic E-state index is -0.661. The van der Waals surface area contributed by atoms with E-state index in [4.69, 9.17) is 14.6 Å². The first kappa shape index (κ1) is 17.6. The average Bonchev–Trinajstić information content (AvgIpc) is 2.76. The van der Waals surface area contributed by atoms with Gasteiger partial charge in [0.25, 0.3) is 0 Å². The highest BCUT2D eigenvalue weighted by Gasteiger charge is 2.51. The number of rotatable bonds is 2. The van der Waals surface area contributed by atoms with Crippen LogP contribution in [-0.4, -0.2) is 18.3 Å². The number of nitrogens with zero attached hydrogens (tertiary/aromatic N) is 1. The van der Waals surface area contributed by atoms with Gasteiger partial charge in [-0.25, -0.2) is 8.78 Å². The molecule has 0 aromatic heterocycles. The smallest absolute Gasteiger partial charge is 0.399 e. The summed E-state index contributed by atoms with van der Waals surface area (Å²) >= 11 is 0. The first-order valence-corrected chi connectivity index (χ1v) is 8.00. The van der Waals surface area contributed by atoms with Gasteiger partial charge in [0.1, 0.15) is 11.6 Å². The maximum absolute atomic E-state index is 14.3. The van der Waals surface area contributed by atoms with Crippen LogP contribution in [0.5, 0.6) is 0 Å². The van der Waals surface area contributed by atoms with Crippen molar-refractivity contribution in [3.63, 3.8) is 0 Å². The summed E-state index contributed by atoms with van der Waals surface area (Å²) in [4.78, 5) is 0. The molecule has 0 unspecified atom stereocenters. The maximum Gasteiger partial charge on any atom is 0.494 e. The number of hydrogen-bond acceptors (Lipinski definition) is 3. The van der Waals surface area contributed by atoms with E-state index in [9.17, 15) is 8.78 Å². The highest BCUT2D eigenvalue weighted by Crippen LogP contribution is 2.37. The van der Waals surface area contributed by atoms with E-state index >= 15 is 0 Å². The highest BCUT2D eigenvalue weighted by atomic mass is 19.1. The molecule has 0 saturated carbocycles. The van der Waals surface area contributed by atoms with Gasteiger partial charge in [0, 0.05) is 11.1 Å². The van der Waals surface area contributed by atoms with Crippen molar-refractivity contribution in [3.8, 4) is 17.2 Å². The van der Waals surface area contributed by atoms with E-state index in [2.05, 4.69) is 0 Å². The van der Waals surface area contributed by atoms with Gasteiger partial charge >= 0.3 is 7.12 Å². The summed E-state index contributed by atoms with van der Waals surface area (Å²) < 4.78 is 40.5. The molecule has 0 N–H and O–H groups in total. The summed E-state index contributed by atoms with van der Waals surface area (Å²) in [5.74, 6) is -1.20. The zero-order chi connectivity index (χ0) is 18.4. The Balaban J connectivity index is 2.02. The lowest BCUT2D eigenvalue weighted by molar-refractivity contribution is 0.00578. The quantitative estimate of drug-likeness (QED) is 0.781. The monoisotopic (exact) mass is 341 g/mol. The fourth-order valence-electron chi connectivity index (χ4n) is 2.68. The first-order valence-electron chi connectivity index (χ1n) is 8.00. The van der Waals surface area contributed by atoms with Crippen LogP contribution < -0.4 is 5.46 Å². The third-order valence-corrected chi connectivity index (χ3v) is 4.90. The molecule has 6 heteroatoms. The maximum atomic E-state index is 14.3. The van der Waals surface area contributed by atoms with Gasteiger partial charge in [-0.05, 0) is 51.4 Å².